The lowest BCUT2D eigenvalue weighted by Crippen LogP contribution is -2.35. The minimum absolute atomic E-state index is 0.108. The molecular formula is C12H23NO3. The van der Waals surface area contributed by atoms with Gasteiger partial charge in [0.15, 0.2) is 0 Å². The maximum atomic E-state index is 11.7. The van der Waals surface area contributed by atoms with Crippen molar-refractivity contribution < 1.29 is 15.0 Å². The van der Waals surface area contributed by atoms with Crippen LogP contribution >= 0.6 is 0 Å². The normalized spacial score (nSPS) is 27.4. The molecule has 3 N–H and O–H groups in total. The Morgan fingerprint density at radius 2 is 2.00 bits per heavy atom. The Bertz CT molecular complexity index is 210. The summed E-state index contributed by atoms with van der Waals surface area (Å²) >= 11 is 0. The molecular weight excluding hydrogens is 206 g/mol. The first-order valence-electron chi connectivity index (χ1n) is 6.20. The Balaban J connectivity index is 2.18. The second kappa shape index (κ2) is 6.86. The molecule has 0 aliphatic heterocycles. The molecule has 1 amide bonds. The van der Waals surface area contributed by atoms with Crippen LogP contribution in [0.15, 0.2) is 0 Å². The van der Waals surface area contributed by atoms with E-state index in [9.17, 15) is 4.79 Å². The van der Waals surface area contributed by atoms with Gasteiger partial charge < -0.3 is 15.5 Å². The van der Waals surface area contributed by atoms with E-state index in [0.717, 1.165) is 25.7 Å². The lowest BCUT2D eigenvalue weighted by molar-refractivity contribution is -0.126. The van der Waals surface area contributed by atoms with Crippen molar-refractivity contribution in [1.29, 1.82) is 0 Å². The fourth-order valence-electron chi connectivity index (χ4n) is 2.16. The minimum Gasteiger partial charge on any atom is -0.396 e. The zero-order valence-corrected chi connectivity index (χ0v) is 9.98. The molecule has 16 heavy (non-hydrogen) atoms. The maximum Gasteiger partial charge on any atom is 0.223 e. The highest BCUT2D eigenvalue weighted by atomic mass is 16.3. The van der Waals surface area contributed by atoms with Gasteiger partial charge >= 0.3 is 0 Å². The molecule has 94 valence electrons. The van der Waals surface area contributed by atoms with Crippen molar-refractivity contribution in [2.45, 2.75) is 45.1 Å². The van der Waals surface area contributed by atoms with E-state index in [2.05, 4.69) is 5.32 Å². The topological polar surface area (TPSA) is 69.6 Å². The van der Waals surface area contributed by atoms with E-state index >= 15 is 0 Å². The molecule has 0 saturated heterocycles. The van der Waals surface area contributed by atoms with Gasteiger partial charge in [0.2, 0.25) is 5.91 Å². The minimum atomic E-state index is -0.356. The standard InChI is InChI=1S/C12H23NO3/c1-9(15)6-7-13-12(16)11-4-2-10(8-14)3-5-11/h9-11,14-15H,2-8H2,1H3,(H,13,16). The van der Waals surface area contributed by atoms with Crippen LogP contribution in [-0.2, 0) is 4.79 Å². The number of hydrogen-bond acceptors (Lipinski definition) is 3. The van der Waals surface area contributed by atoms with Crippen LogP contribution in [0.4, 0.5) is 0 Å². The third-order valence-corrected chi connectivity index (χ3v) is 3.34. The summed E-state index contributed by atoms with van der Waals surface area (Å²) in [5, 5.41) is 20.9. The van der Waals surface area contributed by atoms with Crippen LogP contribution in [0.3, 0.4) is 0 Å². The number of amides is 1. The van der Waals surface area contributed by atoms with Crippen molar-refractivity contribution in [3.8, 4) is 0 Å². The van der Waals surface area contributed by atoms with E-state index in [1.807, 2.05) is 0 Å². The maximum absolute atomic E-state index is 11.7. The van der Waals surface area contributed by atoms with Crippen molar-refractivity contribution in [1.82, 2.24) is 5.32 Å². The third-order valence-electron chi connectivity index (χ3n) is 3.34. The van der Waals surface area contributed by atoms with Gasteiger partial charge in [-0.2, -0.15) is 0 Å². The van der Waals surface area contributed by atoms with Crippen LogP contribution in [0.1, 0.15) is 39.0 Å². The summed E-state index contributed by atoms with van der Waals surface area (Å²) in [6.07, 6.45) is 3.91. The third kappa shape index (κ3) is 4.49. The lowest BCUT2D eigenvalue weighted by atomic mass is 9.82. The molecule has 0 spiro atoms. The molecule has 1 rings (SSSR count). The molecule has 0 aromatic carbocycles. The summed E-state index contributed by atoms with van der Waals surface area (Å²) in [7, 11) is 0. The fraction of sp³-hybridized carbons (Fsp3) is 0.917. The molecule has 0 aromatic heterocycles. The van der Waals surface area contributed by atoms with Crippen molar-refractivity contribution in [2.24, 2.45) is 11.8 Å². The number of carbonyl (C=O) groups is 1. The predicted octanol–water partition coefficient (Wildman–Crippen LogP) is 0.672. The number of hydrogen-bond donors (Lipinski definition) is 3. The summed E-state index contributed by atoms with van der Waals surface area (Å²) < 4.78 is 0. The number of aliphatic hydroxyl groups is 2. The Morgan fingerprint density at radius 1 is 1.38 bits per heavy atom. The Kier molecular flexibility index (Phi) is 5.77. The van der Waals surface area contributed by atoms with Gasteiger partial charge in [0, 0.05) is 19.1 Å². The summed E-state index contributed by atoms with van der Waals surface area (Å²) in [5.41, 5.74) is 0. The van der Waals surface area contributed by atoms with E-state index in [0.29, 0.717) is 18.9 Å². The van der Waals surface area contributed by atoms with Crippen LogP contribution in [-0.4, -0.2) is 35.4 Å². The second-order valence-electron chi connectivity index (χ2n) is 4.83. The molecule has 1 fully saturated rings. The highest BCUT2D eigenvalue weighted by Gasteiger charge is 2.25. The molecule has 1 aliphatic carbocycles. The number of nitrogens with one attached hydrogen (secondary N) is 1. The van der Waals surface area contributed by atoms with Gasteiger partial charge in [-0.1, -0.05) is 0 Å². The molecule has 1 saturated carbocycles. The fourth-order valence-corrected chi connectivity index (χ4v) is 2.16. The van der Waals surface area contributed by atoms with Crippen molar-refractivity contribution in [3.63, 3.8) is 0 Å². The van der Waals surface area contributed by atoms with Crippen molar-refractivity contribution in [3.05, 3.63) is 0 Å². The van der Waals surface area contributed by atoms with Gasteiger partial charge in [-0.25, -0.2) is 0 Å². The predicted molar refractivity (Wildman–Crippen MR) is 61.8 cm³/mol. The zero-order chi connectivity index (χ0) is 12.0. The molecule has 1 unspecified atom stereocenters. The van der Waals surface area contributed by atoms with Gasteiger partial charge in [-0.3, -0.25) is 4.79 Å². The molecule has 1 atom stereocenters. The van der Waals surface area contributed by atoms with Crippen LogP contribution in [0, 0.1) is 11.8 Å². The average Bonchev–Trinajstić information content (AvgIpc) is 2.28. The lowest BCUT2D eigenvalue weighted by Gasteiger charge is -2.26. The smallest absolute Gasteiger partial charge is 0.223 e. The van der Waals surface area contributed by atoms with Crippen molar-refractivity contribution >= 4 is 5.91 Å². The molecule has 0 bridgehead atoms. The molecule has 0 radical (unpaired) electrons. The SMILES string of the molecule is CC(O)CCNC(=O)C1CCC(CO)CC1. The summed E-state index contributed by atoms with van der Waals surface area (Å²) in [6, 6.07) is 0. The summed E-state index contributed by atoms with van der Waals surface area (Å²) in [5.74, 6) is 0.607. The first-order chi connectivity index (χ1) is 7.63. The van der Waals surface area contributed by atoms with Gasteiger partial charge in [0.1, 0.15) is 0 Å². The second-order valence-corrected chi connectivity index (χ2v) is 4.83. The van der Waals surface area contributed by atoms with Crippen molar-refractivity contribution in [2.75, 3.05) is 13.2 Å². The Labute approximate surface area is 97.0 Å². The highest BCUT2D eigenvalue weighted by Crippen LogP contribution is 2.28. The molecule has 0 heterocycles. The van der Waals surface area contributed by atoms with E-state index in [1.165, 1.54) is 0 Å². The average molecular weight is 229 g/mol. The van der Waals surface area contributed by atoms with Crippen LogP contribution in [0.5, 0.6) is 0 Å². The largest absolute Gasteiger partial charge is 0.396 e. The molecule has 1 aliphatic rings. The van der Waals surface area contributed by atoms with Gasteiger partial charge in [0.05, 0.1) is 6.10 Å². The van der Waals surface area contributed by atoms with Crippen LogP contribution < -0.4 is 5.32 Å². The van der Waals surface area contributed by atoms with Crippen LogP contribution in [0.25, 0.3) is 0 Å². The van der Waals surface area contributed by atoms with E-state index in [4.69, 9.17) is 10.2 Å². The number of carbonyl (C=O) groups excluding carboxylic acids is 1. The summed E-state index contributed by atoms with van der Waals surface area (Å²) in [6.45, 7) is 2.52. The number of rotatable bonds is 5. The zero-order valence-electron chi connectivity index (χ0n) is 9.98. The van der Waals surface area contributed by atoms with E-state index in [1.54, 1.807) is 6.92 Å². The Hall–Kier alpha value is -0.610. The van der Waals surface area contributed by atoms with E-state index in [-0.39, 0.29) is 24.5 Å². The Morgan fingerprint density at radius 3 is 2.50 bits per heavy atom. The van der Waals surface area contributed by atoms with E-state index < -0.39 is 0 Å². The molecule has 4 nitrogen and oxygen atoms in total. The molecule has 4 heteroatoms. The first-order valence-corrected chi connectivity index (χ1v) is 6.20. The first kappa shape index (κ1) is 13.5. The molecule has 0 aromatic rings. The highest BCUT2D eigenvalue weighted by molar-refractivity contribution is 5.78. The van der Waals surface area contributed by atoms with Gasteiger partial charge in [-0.15, -0.1) is 0 Å². The monoisotopic (exact) mass is 229 g/mol. The van der Waals surface area contributed by atoms with Gasteiger partial charge in [0.25, 0.3) is 0 Å². The number of aliphatic hydroxyl groups excluding tert-OH is 2. The summed E-state index contributed by atoms with van der Waals surface area (Å²) in [4.78, 5) is 11.7. The van der Waals surface area contributed by atoms with Crippen LogP contribution in [0.2, 0.25) is 0 Å². The quantitative estimate of drug-likeness (QED) is 0.649. The van der Waals surface area contributed by atoms with Gasteiger partial charge in [-0.05, 0) is 44.9 Å².